The van der Waals surface area contributed by atoms with Gasteiger partial charge in [0.15, 0.2) is 5.89 Å². The number of amides is 1. The molecule has 1 saturated carbocycles. The van der Waals surface area contributed by atoms with Crippen LogP contribution in [0.4, 0.5) is 0 Å². The fraction of sp³-hybridized carbons (Fsp3) is 0.615. The number of rotatable bonds is 5. The van der Waals surface area contributed by atoms with E-state index in [1.807, 2.05) is 0 Å². The molecule has 0 radical (unpaired) electrons. The van der Waals surface area contributed by atoms with Gasteiger partial charge in [-0.3, -0.25) is 9.59 Å². The molecule has 0 saturated heterocycles. The van der Waals surface area contributed by atoms with E-state index in [2.05, 4.69) is 4.98 Å². The number of carboxylic acid groups (broad SMARTS) is 1. The maximum absolute atomic E-state index is 12.4. The summed E-state index contributed by atoms with van der Waals surface area (Å²) in [7, 11) is 0. The lowest BCUT2D eigenvalue weighted by atomic mass is 10.1. The third kappa shape index (κ3) is 2.94. The van der Waals surface area contributed by atoms with Gasteiger partial charge in [-0.05, 0) is 19.8 Å². The quantitative estimate of drug-likeness (QED) is 0.875. The van der Waals surface area contributed by atoms with Crippen molar-refractivity contribution >= 4 is 11.9 Å². The summed E-state index contributed by atoms with van der Waals surface area (Å²) in [4.78, 5) is 29.0. The first-order chi connectivity index (χ1) is 8.90. The molecule has 2 rings (SSSR count). The molecule has 1 fully saturated rings. The predicted molar refractivity (Wildman–Crippen MR) is 66.8 cm³/mol. The molecule has 19 heavy (non-hydrogen) atoms. The van der Waals surface area contributed by atoms with Gasteiger partial charge in [0.25, 0.3) is 5.91 Å². The Kier molecular flexibility index (Phi) is 3.59. The van der Waals surface area contributed by atoms with E-state index in [4.69, 9.17) is 9.52 Å². The molecule has 1 aliphatic carbocycles. The van der Waals surface area contributed by atoms with Crippen molar-refractivity contribution in [3.05, 3.63) is 17.3 Å². The fourth-order valence-corrected chi connectivity index (χ4v) is 2.02. The topological polar surface area (TPSA) is 83.6 Å². The Morgan fingerprint density at radius 2 is 2.11 bits per heavy atom. The number of carbonyl (C=O) groups is 2. The van der Waals surface area contributed by atoms with Crippen molar-refractivity contribution in [1.29, 1.82) is 0 Å². The predicted octanol–water partition coefficient (Wildman–Crippen LogP) is 1.62. The normalized spacial score (nSPS) is 16.2. The standard InChI is InChI=1S/C13H18N2O4/c1-7(13(17)18)6-15(10-4-5-10)12(16)11-8(2)14-9(3)19-11/h7,10H,4-6H2,1-3H3,(H,17,18). The van der Waals surface area contributed by atoms with E-state index in [9.17, 15) is 9.59 Å². The van der Waals surface area contributed by atoms with E-state index < -0.39 is 11.9 Å². The highest BCUT2D eigenvalue weighted by molar-refractivity contribution is 5.93. The van der Waals surface area contributed by atoms with Crippen LogP contribution in [0.5, 0.6) is 0 Å². The summed E-state index contributed by atoms with van der Waals surface area (Å²) < 4.78 is 5.33. The Labute approximate surface area is 111 Å². The van der Waals surface area contributed by atoms with E-state index in [1.165, 1.54) is 0 Å². The van der Waals surface area contributed by atoms with Gasteiger partial charge in [-0.15, -0.1) is 0 Å². The molecule has 0 aliphatic heterocycles. The lowest BCUT2D eigenvalue weighted by Crippen LogP contribution is -2.38. The van der Waals surface area contributed by atoms with E-state index in [-0.39, 0.29) is 24.3 Å². The van der Waals surface area contributed by atoms with Crippen molar-refractivity contribution in [3.8, 4) is 0 Å². The van der Waals surface area contributed by atoms with Gasteiger partial charge in [0, 0.05) is 19.5 Å². The number of hydrogen-bond donors (Lipinski definition) is 1. The van der Waals surface area contributed by atoms with Crippen LogP contribution in [0.25, 0.3) is 0 Å². The lowest BCUT2D eigenvalue weighted by Gasteiger charge is -2.23. The third-order valence-corrected chi connectivity index (χ3v) is 3.24. The van der Waals surface area contributed by atoms with Gasteiger partial charge < -0.3 is 14.4 Å². The summed E-state index contributed by atoms with van der Waals surface area (Å²) in [6, 6.07) is 0.138. The highest BCUT2D eigenvalue weighted by Gasteiger charge is 2.36. The van der Waals surface area contributed by atoms with Gasteiger partial charge in [0.05, 0.1) is 11.6 Å². The number of aryl methyl sites for hydroxylation is 2. The Morgan fingerprint density at radius 1 is 1.47 bits per heavy atom. The van der Waals surface area contributed by atoms with Crippen LogP contribution in [0.15, 0.2) is 4.42 Å². The van der Waals surface area contributed by atoms with Crippen molar-refractivity contribution in [2.45, 2.75) is 39.7 Å². The van der Waals surface area contributed by atoms with Crippen molar-refractivity contribution in [3.63, 3.8) is 0 Å². The maximum atomic E-state index is 12.4. The van der Waals surface area contributed by atoms with Gasteiger partial charge in [-0.25, -0.2) is 4.98 Å². The second-order valence-corrected chi connectivity index (χ2v) is 5.08. The summed E-state index contributed by atoms with van der Waals surface area (Å²) in [6.07, 6.45) is 1.84. The smallest absolute Gasteiger partial charge is 0.308 e. The minimum absolute atomic E-state index is 0.138. The number of carboxylic acids is 1. The molecule has 0 aromatic carbocycles. The SMILES string of the molecule is Cc1nc(C)c(C(=O)N(CC(C)C(=O)O)C2CC2)o1. The van der Waals surface area contributed by atoms with Crippen molar-refractivity contribution in [2.75, 3.05) is 6.54 Å². The number of carbonyl (C=O) groups excluding carboxylic acids is 1. The molecule has 1 aliphatic rings. The molecular weight excluding hydrogens is 248 g/mol. The number of aromatic nitrogens is 1. The molecule has 1 amide bonds. The number of oxazole rings is 1. The third-order valence-electron chi connectivity index (χ3n) is 3.24. The van der Waals surface area contributed by atoms with E-state index >= 15 is 0 Å². The molecule has 1 N–H and O–H groups in total. The Bertz CT molecular complexity index is 505. The van der Waals surface area contributed by atoms with E-state index in [1.54, 1.807) is 25.7 Å². The van der Waals surface area contributed by atoms with Crippen molar-refractivity contribution in [1.82, 2.24) is 9.88 Å². The van der Waals surface area contributed by atoms with Crippen LogP contribution in [0, 0.1) is 19.8 Å². The zero-order valence-corrected chi connectivity index (χ0v) is 11.3. The van der Waals surface area contributed by atoms with Crippen LogP contribution in [0.3, 0.4) is 0 Å². The van der Waals surface area contributed by atoms with Crippen LogP contribution in [0.1, 0.15) is 41.9 Å². The van der Waals surface area contributed by atoms with Crippen LogP contribution in [-0.2, 0) is 4.79 Å². The highest BCUT2D eigenvalue weighted by Crippen LogP contribution is 2.29. The molecule has 6 heteroatoms. The molecule has 1 unspecified atom stereocenters. The second kappa shape index (κ2) is 5.03. The molecule has 1 aromatic heterocycles. The Balaban J connectivity index is 2.17. The molecule has 6 nitrogen and oxygen atoms in total. The van der Waals surface area contributed by atoms with Crippen LogP contribution < -0.4 is 0 Å². The molecule has 1 aromatic rings. The molecule has 1 atom stereocenters. The molecule has 0 bridgehead atoms. The van der Waals surface area contributed by atoms with Gasteiger partial charge >= 0.3 is 5.97 Å². The summed E-state index contributed by atoms with van der Waals surface area (Å²) in [5.74, 6) is -1.07. The van der Waals surface area contributed by atoms with Crippen LogP contribution in [-0.4, -0.2) is 39.5 Å². The summed E-state index contributed by atoms with van der Waals surface area (Å²) in [6.45, 7) is 5.21. The van der Waals surface area contributed by atoms with Gasteiger partial charge in [-0.1, -0.05) is 6.92 Å². The highest BCUT2D eigenvalue weighted by atomic mass is 16.4. The van der Waals surface area contributed by atoms with Gasteiger partial charge in [0.1, 0.15) is 0 Å². The number of nitrogens with zero attached hydrogens (tertiary/aromatic N) is 2. The van der Waals surface area contributed by atoms with Crippen molar-refractivity contribution in [2.24, 2.45) is 5.92 Å². The van der Waals surface area contributed by atoms with Crippen LogP contribution >= 0.6 is 0 Å². The molecule has 104 valence electrons. The lowest BCUT2D eigenvalue weighted by molar-refractivity contribution is -0.141. The fourth-order valence-electron chi connectivity index (χ4n) is 2.02. The zero-order valence-electron chi connectivity index (χ0n) is 11.3. The average molecular weight is 266 g/mol. The van der Waals surface area contributed by atoms with Crippen LogP contribution in [0.2, 0.25) is 0 Å². The van der Waals surface area contributed by atoms with E-state index in [0.29, 0.717) is 11.6 Å². The summed E-state index contributed by atoms with van der Waals surface area (Å²) >= 11 is 0. The largest absolute Gasteiger partial charge is 0.481 e. The minimum Gasteiger partial charge on any atom is -0.481 e. The number of aliphatic carboxylic acids is 1. The van der Waals surface area contributed by atoms with E-state index in [0.717, 1.165) is 12.8 Å². The minimum atomic E-state index is -0.899. The first-order valence-electron chi connectivity index (χ1n) is 6.38. The average Bonchev–Trinajstić information content (AvgIpc) is 3.10. The Morgan fingerprint density at radius 3 is 2.53 bits per heavy atom. The van der Waals surface area contributed by atoms with Crippen molar-refractivity contribution < 1.29 is 19.1 Å². The summed E-state index contributed by atoms with van der Waals surface area (Å²) in [5.41, 5.74) is 0.552. The van der Waals surface area contributed by atoms with Gasteiger partial charge in [-0.2, -0.15) is 0 Å². The second-order valence-electron chi connectivity index (χ2n) is 5.08. The Hall–Kier alpha value is -1.85. The molecular formula is C13H18N2O4. The first kappa shape index (κ1) is 13.6. The molecule has 0 spiro atoms. The monoisotopic (exact) mass is 266 g/mol. The van der Waals surface area contributed by atoms with Gasteiger partial charge in [0.2, 0.25) is 5.76 Å². The zero-order chi connectivity index (χ0) is 14.2. The summed E-state index contributed by atoms with van der Waals surface area (Å²) in [5, 5.41) is 8.97. The molecule has 1 heterocycles. The first-order valence-corrected chi connectivity index (χ1v) is 6.38. The number of hydrogen-bond acceptors (Lipinski definition) is 4. The maximum Gasteiger partial charge on any atom is 0.308 e.